The summed E-state index contributed by atoms with van der Waals surface area (Å²) in [4.78, 5) is 23.5. The molecule has 1 aromatic heterocycles. The van der Waals surface area contributed by atoms with Gasteiger partial charge in [-0.1, -0.05) is 36.4 Å². The van der Waals surface area contributed by atoms with Gasteiger partial charge in [0.15, 0.2) is 0 Å². The Morgan fingerprint density at radius 2 is 1.79 bits per heavy atom. The quantitative estimate of drug-likeness (QED) is 0.545. The molecule has 0 aliphatic rings. The third-order valence-electron chi connectivity index (χ3n) is 3.74. The van der Waals surface area contributed by atoms with Gasteiger partial charge < -0.3 is 14.0 Å². The van der Waals surface area contributed by atoms with Gasteiger partial charge in [-0.3, -0.25) is 4.79 Å². The molecule has 0 radical (unpaired) electrons. The first-order valence-electron chi connectivity index (χ1n) is 7.53. The van der Waals surface area contributed by atoms with Gasteiger partial charge in [-0.2, -0.15) is 0 Å². The first-order chi connectivity index (χ1) is 11.6. The van der Waals surface area contributed by atoms with E-state index in [9.17, 15) is 9.59 Å². The number of carbonyl (C=O) groups excluding carboxylic acids is 2. The molecule has 0 amide bonds. The van der Waals surface area contributed by atoms with Crippen LogP contribution in [0.1, 0.15) is 23.0 Å². The highest BCUT2D eigenvalue weighted by molar-refractivity contribution is 5.98. The van der Waals surface area contributed by atoms with Crippen LogP contribution >= 0.6 is 0 Å². The predicted molar refractivity (Wildman–Crippen MR) is 90.1 cm³/mol. The van der Waals surface area contributed by atoms with E-state index in [-0.39, 0.29) is 0 Å². The van der Waals surface area contributed by atoms with Gasteiger partial charge in [0.1, 0.15) is 11.4 Å². The van der Waals surface area contributed by atoms with Gasteiger partial charge in [-0.05, 0) is 23.8 Å². The summed E-state index contributed by atoms with van der Waals surface area (Å²) in [7, 11) is 1.35. The molecule has 0 bridgehead atoms. The van der Waals surface area contributed by atoms with Crippen LogP contribution in [0.25, 0.3) is 10.9 Å². The average molecular weight is 323 g/mol. The molecule has 0 saturated carbocycles. The Labute approximate surface area is 139 Å². The van der Waals surface area contributed by atoms with E-state index in [0.29, 0.717) is 23.4 Å². The van der Waals surface area contributed by atoms with Crippen molar-refractivity contribution in [3.05, 3.63) is 65.9 Å². The van der Waals surface area contributed by atoms with Crippen LogP contribution < -0.4 is 4.74 Å². The third-order valence-corrected chi connectivity index (χ3v) is 3.74. The smallest absolute Gasteiger partial charge is 0.354 e. The number of hydrogen-bond acceptors (Lipinski definition) is 4. The molecule has 0 fully saturated rings. The number of ether oxygens (including phenoxy) is 2. The van der Waals surface area contributed by atoms with Crippen molar-refractivity contribution < 1.29 is 19.1 Å². The standard InChI is InChI=1S/C19H17NO4/c1-13(21)24-18-10-6-9-16-15(18)11-17(19(22)23-2)20(16)12-14-7-4-3-5-8-14/h3-11H,12H2,1-2H3. The van der Waals surface area contributed by atoms with Gasteiger partial charge in [0.25, 0.3) is 0 Å². The molecule has 24 heavy (non-hydrogen) atoms. The van der Waals surface area contributed by atoms with Crippen LogP contribution in [0.15, 0.2) is 54.6 Å². The van der Waals surface area contributed by atoms with Gasteiger partial charge in [-0.25, -0.2) is 4.79 Å². The van der Waals surface area contributed by atoms with Crippen molar-refractivity contribution in [3.8, 4) is 5.75 Å². The minimum absolute atomic E-state index is 0.405. The van der Waals surface area contributed by atoms with Gasteiger partial charge in [0.05, 0.1) is 12.6 Å². The lowest BCUT2D eigenvalue weighted by atomic mass is 10.2. The molecule has 0 aliphatic carbocycles. The summed E-state index contributed by atoms with van der Waals surface area (Å²) in [6, 6.07) is 16.9. The molecule has 1 heterocycles. The Morgan fingerprint density at radius 1 is 1.04 bits per heavy atom. The van der Waals surface area contributed by atoms with Crippen LogP contribution in [0.5, 0.6) is 5.75 Å². The van der Waals surface area contributed by atoms with E-state index in [4.69, 9.17) is 9.47 Å². The minimum Gasteiger partial charge on any atom is -0.464 e. The fourth-order valence-corrected chi connectivity index (χ4v) is 2.71. The summed E-state index contributed by atoms with van der Waals surface area (Å²) >= 11 is 0. The summed E-state index contributed by atoms with van der Waals surface area (Å²) in [5.74, 6) is -0.411. The topological polar surface area (TPSA) is 57.5 Å². The highest BCUT2D eigenvalue weighted by Crippen LogP contribution is 2.30. The fraction of sp³-hybridized carbons (Fsp3) is 0.158. The van der Waals surface area contributed by atoms with Gasteiger partial charge >= 0.3 is 11.9 Å². The molecule has 3 aromatic rings. The van der Waals surface area contributed by atoms with E-state index >= 15 is 0 Å². The lowest BCUT2D eigenvalue weighted by Gasteiger charge is -2.10. The number of hydrogen-bond donors (Lipinski definition) is 0. The van der Waals surface area contributed by atoms with E-state index in [1.54, 1.807) is 18.2 Å². The Hall–Kier alpha value is -3.08. The van der Waals surface area contributed by atoms with Crippen LogP contribution in [0.4, 0.5) is 0 Å². The molecule has 5 nitrogen and oxygen atoms in total. The average Bonchev–Trinajstić information content (AvgIpc) is 2.94. The third kappa shape index (κ3) is 3.01. The number of benzene rings is 2. The number of esters is 2. The molecular formula is C19H17NO4. The zero-order valence-corrected chi connectivity index (χ0v) is 13.5. The highest BCUT2D eigenvalue weighted by Gasteiger charge is 2.19. The maximum Gasteiger partial charge on any atom is 0.354 e. The minimum atomic E-state index is -0.434. The monoisotopic (exact) mass is 323 g/mol. The maximum absolute atomic E-state index is 12.2. The predicted octanol–water partition coefficient (Wildman–Crippen LogP) is 3.40. The largest absolute Gasteiger partial charge is 0.464 e. The number of nitrogens with zero attached hydrogens (tertiary/aromatic N) is 1. The van der Waals surface area contributed by atoms with E-state index in [1.165, 1.54) is 14.0 Å². The SMILES string of the molecule is COC(=O)c1cc2c(OC(C)=O)cccc2n1Cc1ccccc1. The number of carbonyl (C=O) groups is 2. The summed E-state index contributed by atoms with van der Waals surface area (Å²) < 4.78 is 12.0. The second kappa shape index (κ2) is 6.58. The number of fused-ring (bicyclic) bond motifs is 1. The molecule has 0 N–H and O–H groups in total. The Kier molecular flexibility index (Phi) is 4.33. The number of aromatic nitrogens is 1. The molecule has 0 saturated heterocycles. The van der Waals surface area contributed by atoms with Crippen LogP contribution in [-0.2, 0) is 16.1 Å². The van der Waals surface area contributed by atoms with Crippen molar-refractivity contribution in [1.82, 2.24) is 4.57 Å². The summed E-state index contributed by atoms with van der Waals surface area (Å²) in [6.07, 6.45) is 0. The Morgan fingerprint density at radius 3 is 2.46 bits per heavy atom. The van der Waals surface area contributed by atoms with E-state index in [0.717, 1.165) is 11.1 Å². The molecular weight excluding hydrogens is 306 g/mol. The zero-order chi connectivity index (χ0) is 17.1. The second-order valence-corrected chi connectivity index (χ2v) is 5.38. The lowest BCUT2D eigenvalue weighted by molar-refractivity contribution is -0.131. The van der Waals surface area contributed by atoms with Crippen LogP contribution in [0.2, 0.25) is 0 Å². The molecule has 5 heteroatoms. The molecule has 122 valence electrons. The fourth-order valence-electron chi connectivity index (χ4n) is 2.71. The molecule has 0 atom stereocenters. The lowest BCUT2D eigenvalue weighted by Crippen LogP contribution is -2.11. The molecule has 0 aliphatic heterocycles. The Bertz CT molecular complexity index is 896. The normalized spacial score (nSPS) is 10.6. The maximum atomic E-state index is 12.2. The molecule has 0 unspecified atom stereocenters. The van der Waals surface area contributed by atoms with Crippen LogP contribution in [0.3, 0.4) is 0 Å². The van der Waals surface area contributed by atoms with Crippen molar-refractivity contribution in [2.45, 2.75) is 13.5 Å². The first-order valence-corrected chi connectivity index (χ1v) is 7.53. The van der Waals surface area contributed by atoms with Gasteiger partial charge in [0.2, 0.25) is 0 Å². The second-order valence-electron chi connectivity index (χ2n) is 5.38. The Balaban J connectivity index is 2.17. The van der Waals surface area contributed by atoms with Crippen molar-refractivity contribution in [2.24, 2.45) is 0 Å². The summed E-state index contributed by atoms with van der Waals surface area (Å²) in [5.41, 5.74) is 2.27. The van der Waals surface area contributed by atoms with Gasteiger partial charge in [-0.15, -0.1) is 0 Å². The molecule has 2 aromatic carbocycles. The van der Waals surface area contributed by atoms with E-state index < -0.39 is 11.9 Å². The van der Waals surface area contributed by atoms with Crippen molar-refractivity contribution in [1.29, 1.82) is 0 Å². The zero-order valence-electron chi connectivity index (χ0n) is 13.5. The highest BCUT2D eigenvalue weighted by atomic mass is 16.5. The van der Waals surface area contributed by atoms with Crippen molar-refractivity contribution >= 4 is 22.8 Å². The molecule has 3 rings (SSSR count). The van der Waals surface area contributed by atoms with Crippen molar-refractivity contribution in [3.63, 3.8) is 0 Å². The van der Waals surface area contributed by atoms with E-state index in [1.807, 2.05) is 41.0 Å². The first kappa shape index (κ1) is 15.8. The summed E-state index contributed by atoms with van der Waals surface area (Å²) in [5, 5.41) is 0.698. The van der Waals surface area contributed by atoms with E-state index in [2.05, 4.69) is 0 Å². The van der Waals surface area contributed by atoms with Crippen molar-refractivity contribution in [2.75, 3.05) is 7.11 Å². The summed E-state index contributed by atoms with van der Waals surface area (Å²) in [6.45, 7) is 1.86. The number of methoxy groups -OCH3 is 1. The molecule has 0 spiro atoms. The van der Waals surface area contributed by atoms with Crippen LogP contribution in [0, 0.1) is 0 Å². The van der Waals surface area contributed by atoms with Gasteiger partial charge in [0, 0.05) is 18.9 Å². The van der Waals surface area contributed by atoms with Crippen LogP contribution in [-0.4, -0.2) is 23.6 Å². The number of rotatable bonds is 4.